The molecule has 0 bridgehead atoms. The van der Waals surface area contributed by atoms with E-state index in [0.29, 0.717) is 28.6 Å². The molecule has 0 unspecified atom stereocenters. The van der Waals surface area contributed by atoms with Crippen LogP contribution in [-0.4, -0.2) is 29.2 Å². The van der Waals surface area contributed by atoms with Gasteiger partial charge in [-0.15, -0.1) is 0 Å². The Hall–Kier alpha value is -3.54. The summed E-state index contributed by atoms with van der Waals surface area (Å²) in [6.07, 6.45) is 0.427. The molecule has 1 aliphatic heterocycles. The molecule has 1 aliphatic rings. The molecule has 3 amide bonds. The number of hydrogen-bond acceptors (Lipinski definition) is 3. The Kier molecular flexibility index (Phi) is 4.61. The Morgan fingerprint density at radius 3 is 2.21 bits per heavy atom. The quantitative estimate of drug-likeness (QED) is 0.685. The minimum Gasteiger partial charge on any atom is -0.326 e. The van der Waals surface area contributed by atoms with Gasteiger partial charge in [0.15, 0.2) is 0 Å². The molecule has 1 N–H and O–H groups in total. The van der Waals surface area contributed by atoms with Gasteiger partial charge in [0.05, 0.1) is 0 Å². The summed E-state index contributed by atoms with van der Waals surface area (Å²) in [7, 11) is 0. The molecule has 0 saturated carbocycles. The summed E-state index contributed by atoms with van der Waals surface area (Å²) in [5.74, 6) is -1.43. The van der Waals surface area contributed by atoms with Gasteiger partial charge in [0.1, 0.15) is 5.82 Å². The van der Waals surface area contributed by atoms with Crippen LogP contribution in [0, 0.1) is 5.82 Å². The highest BCUT2D eigenvalue weighted by molar-refractivity contribution is 6.25. The molecule has 0 spiro atoms. The van der Waals surface area contributed by atoms with Gasteiger partial charge in [-0.05, 0) is 42.1 Å². The van der Waals surface area contributed by atoms with E-state index in [0.717, 1.165) is 5.39 Å². The van der Waals surface area contributed by atoms with Crippen molar-refractivity contribution in [2.75, 3.05) is 11.9 Å². The Labute approximate surface area is 160 Å². The summed E-state index contributed by atoms with van der Waals surface area (Å²) < 4.78 is 13.2. The number of amides is 3. The predicted octanol–water partition coefficient (Wildman–Crippen LogP) is 3.99. The molecule has 0 aliphatic carbocycles. The van der Waals surface area contributed by atoms with E-state index in [1.807, 2.05) is 12.1 Å². The van der Waals surface area contributed by atoms with Gasteiger partial charge in [-0.25, -0.2) is 4.39 Å². The molecule has 3 aromatic carbocycles. The number of nitrogens with one attached hydrogen (secondary N) is 1. The first-order chi connectivity index (χ1) is 13.5. The largest absolute Gasteiger partial charge is 0.326 e. The van der Waals surface area contributed by atoms with Crippen molar-refractivity contribution in [1.82, 2.24) is 4.90 Å². The minimum atomic E-state index is -0.435. The summed E-state index contributed by atoms with van der Waals surface area (Å²) in [6.45, 7) is 0.138. The molecule has 28 heavy (non-hydrogen) atoms. The molecule has 3 aromatic rings. The minimum absolute atomic E-state index is 0.111. The zero-order valence-corrected chi connectivity index (χ0v) is 14.9. The fourth-order valence-electron chi connectivity index (χ4n) is 3.47. The van der Waals surface area contributed by atoms with Gasteiger partial charge in [0.25, 0.3) is 11.8 Å². The van der Waals surface area contributed by atoms with Gasteiger partial charge in [-0.2, -0.15) is 0 Å². The number of imide groups is 1. The molecule has 0 atom stereocenters. The Morgan fingerprint density at radius 1 is 0.929 bits per heavy atom. The fourth-order valence-corrected chi connectivity index (χ4v) is 3.47. The summed E-state index contributed by atoms with van der Waals surface area (Å²) in [6, 6.07) is 16.4. The van der Waals surface area contributed by atoms with E-state index in [-0.39, 0.29) is 30.7 Å². The summed E-state index contributed by atoms with van der Waals surface area (Å²) >= 11 is 0. The van der Waals surface area contributed by atoms with Crippen molar-refractivity contribution < 1.29 is 18.8 Å². The highest BCUT2D eigenvalue weighted by Crippen LogP contribution is 2.30. The van der Waals surface area contributed by atoms with E-state index < -0.39 is 5.82 Å². The van der Waals surface area contributed by atoms with Crippen LogP contribution in [0.15, 0.2) is 60.7 Å². The number of benzene rings is 3. The smallest absolute Gasteiger partial charge is 0.261 e. The van der Waals surface area contributed by atoms with Crippen LogP contribution < -0.4 is 5.32 Å². The van der Waals surface area contributed by atoms with E-state index in [1.165, 1.54) is 23.1 Å². The molecule has 4 rings (SSSR count). The molecular weight excluding hydrogens is 359 g/mol. The third-order valence-electron chi connectivity index (χ3n) is 4.75. The van der Waals surface area contributed by atoms with Gasteiger partial charge >= 0.3 is 0 Å². The third-order valence-corrected chi connectivity index (χ3v) is 4.75. The van der Waals surface area contributed by atoms with E-state index in [1.54, 1.807) is 30.3 Å². The van der Waals surface area contributed by atoms with Crippen molar-refractivity contribution in [2.45, 2.75) is 12.8 Å². The zero-order valence-electron chi connectivity index (χ0n) is 14.9. The number of anilines is 1. The fraction of sp³-hybridized carbons (Fsp3) is 0.136. The summed E-state index contributed by atoms with van der Waals surface area (Å²) in [4.78, 5) is 38.8. The maximum atomic E-state index is 13.2. The number of rotatable bonds is 5. The molecule has 5 nitrogen and oxygen atoms in total. The van der Waals surface area contributed by atoms with Crippen LogP contribution in [0.1, 0.15) is 33.6 Å². The second-order valence-electron chi connectivity index (χ2n) is 6.63. The lowest BCUT2D eigenvalue weighted by Gasteiger charge is -2.27. The predicted molar refractivity (Wildman–Crippen MR) is 104 cm³/mol. The van der Waals surface area contributed by atoms with Crippen LogP contribution in [-0.2, 0) is 4.79 Å². The molecule has 0 radical (unpaired) electrons. The van der Waals surface area contributed by atoms with Crippen LogP contribution in [0.5, 0.6) is 0 Å². The van der Waals surface area contributed by atoms with Gasteiger partial charge < -0.3 is 5.32 Å². The number of carbonyl (C=O) groups is 3. The zero-order chi connectivity index (χ0) is 19.7. The average Bonchev–Trinajstić information content (AvgIpc) is 2.68. The van der Waals surface area contributed by atoms with E-state index in [4.69, 9.17) is 0 Å². The third kappa shape index (κ3) is 3.24. The van der Waals surface area contributed by atoms with Crippen LogP contribution in [0.2, 0.25) is 0 Å². The van der Waals surface area contributed by atoms with Gasteiger partial charge in [-0.1, -0.05) is 30.3 Å². The maximum Gasteiger partial charge on any atom is 0.261 e. The highest BCUT2D eigenvalue weighted by Gasteiger charge is 2.32. The van der Waals surface area contributed by atoms with Crippen molar-refractivity contribution in [3.8, 4) is 0 Å². The lowest BCUT2D eigenvalue weighted by molar-refractivity contribution is -0.116. The highest BCUT2D eigenvalue weighted by atomic mass is 19.1. The Bertz CT molecular complexity index is 1060. The van der Waals surface area contributed by atoms with Gasteiger partial charge in [0.2, 0.25) is 5.91 Å². The first-order valence-electron chi connectivity index (χ1n) is 8.98. The van der Waals surface area contributed by atoms with Crippen LogP contribution in [0.4, 0.5) is 10.1 Å². The lowest BCUT2D eigenvalue weighted by atomic mass is 9.94. The van der Waals surface area contributed by atoms with E-state index in [2.05, 4.69) is 5.32 Å². The monoisotopic (exact) mass is 376 g/mol. The topological polar surface area (TPSA) is 66.5 Å². The van der Waals surface area contributed by atoms with E-state index >= 15 is 0 Å². The molecule has 0 fully saturated rings. The number of carbonyl (C=O) groups excluding carboxylic acids is 3. The van der Waals surface area contributed by atoms with Crippen molar-refractivity contribution >= 4 is 34.2 Å². The first-order valence-corrected chi connectivity index (χ1v) is 8.98. The maximum absolute atomic E-state index is 13.2. The molecule has 140 valence electrons. The van der Waals surface area contributed by atoms with Gasteiger partial charge in [0, 0.05) is 35.2 Å². The first kappa shape index (κ1) is 17.9. The molecular formula is C22H17FN2O3. The van der Waals surface area contributed by atoms with Gasteiger partial charge in [-0.3, -0.25) is 19.3 Å². The van der Waals surface area contributed by atoms with Crippen molar-refractivity contribution in [3.63, 3.8) is 0 Å². The molecule has 6 heteroatoms. The number of hydrogen-bond donors (Lipinski definition) is 1. The number of nitrogens with zero attached hydrogens (tertiary/aromatic N) is 1. The van der Waals surface area contributed by atoms with Crippen LogP contribution >= 0.6 is 0 Å². The molecule has 1 heterocycles. The second-order valence-corrected chi connectivity index (χ2v) is 6.63. The summed E-state index contributed by atoms with van der Waals surface area (Å²) in [5, 5.41) is 4.14. The molecule has 0 aromatic heterocycles. The van der Waals surface area contributed by atoms with Crippen LogP contribution in [0.3, 0.4) is 0 Å². The molecule has 0 saturated heterocycles. The van der Waals surface area contributed by atoms with Crippen molar-refractivity contribution in [3.05, 3.63) is 77.6 Å². The average molecular weight is 376 g/mol. The SMILES string of the molecule is O=C(CCCN1C(=O)c2cccc3cccc(c23)C1=O)Nc1cccc(F)c1. The lowest BCUT2D eigenvalue weighted by Crippen LogP contribution is -2.41. The van der Waals surface area contributed by atoms with E-state index in [9.17, 15) is 18.8 Å². The van der Waals surface area contributed by atoms with Crippen LogP contribution in [0.25, 0.3) is 10.8 Å². The normalized spacial score (nSPS) is 13.1. The summed E-state index contributed by atoms with van der Waals surface area (Å²) in [5.41, 5.74) is 1.37. The Balaban J connectivity index is 1.44. The second kappa shape index (κ2) is 7.23. The Morgan fingerprint density at radius 2 is 1.57 bits per heavy atom. The van der Waals surface area contributed by atoms with Crippen molar-refractivity contribution in [2.24, 2.45) is 0 Å². The standard InChI is InChI=1S/C22H17FN2O3/c23-15-7-3-8-16(13-15)24-19(26)11-4-12-25-21(27)17-9-1-5-14-6-2-10-18(20(14)17)22(25)28/h1-3,5-10,13H,4,11-12H2,(H,24,26). The number of halogens is 1. The van der Waals surface area contributed by atoms with Crippen molar-refractivity contribution in [1.29, 1.82) is 0 Å².